The van der Waals surface area contributed by atoms with Crippen molar-refractivity contribution < 1.29 is 9.50 Å². The average Bonchev–Trinajstić information content (AvgIpc) is 2.97. The number of hydrogen-bond donors (Lipinski definition) is 1. The van der Waals surface area contributed by atoms with Crippen LogP contribution >= 0.6 is 0 Å². The third-order valence-electron chi connectivity index (χ3n) is 4.86. The normalized spacial score (nSPS) is 25.3. The number of hydrogen-bond acceptors (Lipinski definition) is 3. The maximum absolute atomic E-state index is 14.0. The van der Waals surface area contributed by atoms with Gasteiger partial charge in [-0.1, -0.05) is 12.5 Å². The summed E-state index contributed by atoms with van der Waals surface area (Å²) < 4.78 is 14.0. The topological polar surface area (TPSA) is 26.7 Å². The second kappa shape index (κ2) is 6.32. The highest BCUT2D eigenvalue weighted by Crippen LogP contribution is 2.32. The van der Waals surface area contributed by atoms with E-state index in [4.69, 9.17) is 0 Å². The molecule has 4 heteroatoms. The number of aliphatic hydroxyl groups is 1. The van der Waals surface area contributed by atoms with E-state index in [0.29, 0.717) is 11.6 Å². The number of aliphatic hydroxyl groups excluding tert-OH is 1. The van der Waals surface area contributed by atoms with Crippen LogP contribution in [0.25, 0.3) is 0 Å². The van der Waals surface area contributed by atoms with Crippen LogP contribution in [-0.4, -0.2) is 42.2 Å². The van der Waals surface area contributed by atoms with Gasteiger partial charge in [-0.05, 0) is 51.4 Å². The predicted molar refractivity (Wildman–Crippen MR) is 83.1 cm³/mol. The van der Waals surface area contributed by atoms with Gasteiger partial charge in [-0.15, -0.1) is 0 Å². The minimum atomic E-state index is -0.768. The lowest BCUT2D eigenvalue weighted by Crippen LogP contribution is -2.41. The van der Waals surface area contributed by atoms with Crippen molar-refractivity contribution in [2.75, 3.05) is 31.1 Å². The lowest BCUT2D eigenvalue weighted by molar-refractivity contribution is 0.174. The van der Waals surface area contributed by atoms with Crippen molar-refractivity contribution in [2.24, 2.45) is 0 Å². The molecule has 0 saturated carbocycles. The molecule has 1 aromatic rings. The molecule has 1 aromatic carbocycles. The number of likely N-dealkylation sites (tertiary alicyclic amines) is 1. The molecule has 2 saturated heterocycles. The monoisotopic (exact) mass is 292 g/mol. The molecule has 0 bridgehead atoms. The molecule has 0 amide bonds. The van der Waals surface area contributed by atoms with Crippen LogP contribution < -0.4 is 4.90 Å². The minimum absolute atomic E-state index is 0.302. The van der Waals surface area contributed by atoms with Crippen molar-refractivity contribution >= 4 is 5.69 Å². The second-order valence-electron chi connectivity index (χ2n) is 6.33. The molecule has 3 rings (SSSR count). The Balaban J connectivity index is 1.75. The Hall–Kier alpha value is -1.13. The van der Waals surface area contributed by atoms with Gasteiger partial charge in [0.2, 0.25) is 0 Å². The van der Waals surface area contributed by atoms with Crippen LogP contribution in [0, 0.1) is 5.82 Å². The third kappa shape index (κ3) is 3.06. The Morgan fingerprint density at radius 2 is 1.95 bits per heavy atom. The van der Waals surface area contributed by atoms with Crippen molar-refractivity contribution in [3.8, 4) is 0 Å². The maximum atomic E-state index is 14.0. The van der Waals surface area contributed by atoms with Crippen LogP contribution in [0.4, 0.5) is 10.1 Å². The van der Waals surface area contributed by atoms with Crippen molar-refractivity contribution in [1.82, 2.24) is 4.90 Å². The molecule has 0 spiro atoms. The lowest BCUT2D eigenvalue weighted by atomic mass is 10.1. The fourth-order valence-electron chi connectivity index (χ4n) is 3.76. The van der Waals surface area contributed by atoms with E-state index in [0.717, 1.165) is 25.2 Å². The summed E-state index contributed by atoms with van der Waals surface area (Å²) in [4.78, 5) is 4.83. The van der Waals surface area contributed by atoms with E-state index in [9.17, 15) is 9.50 Å². The molecule has 1 N–H and O–H groups in total. The molecule has 3 nitrogen and oxygen atoms in total. The van der Waals surface area contributed by atoms with E-state index >= 15 is 0 Å². The van der Waals surface area contributed by atoms with Gasteiger partial charge in [0, 0.05) is 30.4 Å². The minimum Gasteiger partial charge on any atom is -0.389 e. The van der Waals surface area contributed by atoms with E-state index in [1.54, 1.807) is 13.0 Å². The zero-order valence-corrected chi connectivity index (χ0v) is 12.8. The number of benzene rings is 1. The summed E-state index contributed by atoms with van der Waals surface area (Å²) in [5.74, 6) is -0.302. The van der Waals surface area contributed by atoms with Crippen LogP contribution in [0.2, 0.25) is 0 Å². The van der Waals surface area contributed by atoms with Crippen molar-refractivity contribution in [3.05, 3.63) is 29.6 Å². The Kier molecular flexibility index (Phi) is 4.45. The molecule has 2 heterocycles. The molecule has 2 aliphatic heterocycles. The van der Waals surface area contributed by atoms with Gasteiger partial charge >= 0.3 is 0 Å². The Morgan fingerprint density at radius 1 is 1.19 bits per heavy atom. The second-order valence-corrected chi connectivity index (χ2v) is 6.33. The lowest BCUT2D eigenvalue weighted by Gasteiger charge is -2.32. The Labute approximate surface area is 126 Å². The summed E-state index contributed by atoms with van der Waals surface area (Å²) in [5.41, 5.74) is 1.31. The van der Waals surface area contributed by atoms with Crippen molar-refractivity contribution in [3.63, 3.8) is 0 Å². The van der Waals surface area contributed by atoms with E-state index < -0.39 is 6.10 Å². The van der Waals surface area contributed by atoms with Crippen LogP contribution in [0.5, 0.6) is 0 Å². The maximum Gasteiger partial charge on any atom is 0.131 e. The average molecular weight is 292 g/mol. The number of anilines is 1. The SMILES string of the molecule is C[C@@H](O)c1c(F)cccc1N1CCC(N2CCCCC2)C1. The molecule has 0 radical (unpaired) electrons. The molecule has 116 valence electrons. The van der Waals surface area contributed by atoms with Gasteiger partial charge in [-0.3, -0.25) is 4.90 Å². The Morgan fingerprint density at radius 3 is 2.67 bits per heavy atom. The number of nitrogens with zero attached hydrogens (tertiary/aromatic N) is 2. The first-order valence-corrected chi connectivity index (χ1v) is 8.12. The van der Waals surface area contributed by atoms with E-state index in [1.807, 2.05) is 6.07 Å². The van der Waals surface area contributed by atoms with Gasteiger partial charge in [0.25, 0.3) is 0 Å². The summed E-state index contributed by atoms with van der Waals surface area (Å²) in [6, 6.07) is 5.69. The largest absolute Gasteiger partial charge is 0.389 e. The van der Waals surface area contributed by atoms with E-state index in [2.05, 4.69) is 9.80 Å². The highest BCUT2D eigenvalue weighted by Gasteiger charge is 2.30. The predicted octanol–water partition coefficient (Wildman–Crippen LogP) is 2.94. The number of rotatable bonds is 3. The van der Waals surface area contributed by atoms with Gasteiger partial charge in [0.15, 0.2) is 0 Å². The quantitative estimate of drug-likeness (QED) is 0.928. The summed E-state index contributed by atoms with van der Waals surface area (Å²) in [6.45, 7) is 5.93. The van der Waals surface area contributed by atoms with Gasteiger partial charge in [0.1, 0.15) is 5.82 Å². The number of halogens is 1. The molecule has 1 unspecified atom stereocenters. The van der Waals surface area contributed by atoms with Gasteiger partial charge in [-0.2, -0.15) is 0 Å². The fraction of sp³-hybridized carbons (Fsp3) is 0.647. The fourth-order valence-corrected chi connectivity index (χ4v) is 3.76. The van der Waals surface area contributed by atoms with Gasteiger partial charge < -0.3 is 10.0 Å². The third-order valence-corrected chi connectivity index (χ3v) is 4.86. The molecule has 21 heavy (non-hydrogen) atoms. The van der Waals surface area contributed by atoms with Gasteiger partial charge in [-0.25, -0.2) is 4.39 Å². The van der Waals surface area contributed by atoms with Crippen LogP contribution in [0.15, 0.2) is 18.2 Å². The molecule has 0 aliphatic carbocycles. The molecule has 2 atom stereocenters. The van der Waals surface area contributed by atoms with Crippen LogP contribution in [-0.2, 0) is 0 Å². The highest BCUT2D eigenvalue weighted by atomic mass is 19.1. The molecular weight excluding hydrogens is 267 g/mol. The standard InChI is InChI=1S/C17H25FN2O/c1-13(21)17-15(18)6-5-7-16(17)20-11-8-14(12-20)19-9-3-2-4-10-19/h5-7,13-14,21H,2-4,8-12H2,1H3/t13-,14?/m1/s1. The first-order chi connectivity index (χ1) is 10.2. The Bertz CT molecular complexity index is 486. The molecular formula is C17H25FN2O. The first-order valence-electron chi connectivity index (χ1n) is 8.12. The molecule has 2 aliphatic rings. The van der Waals surface area contributed by atoms with Crippen LogP contribution in [0.3, 0.4) is 0 Å². The summed E-state index contributed by atoms with van der Waals surface area (Å²) >= 11 is 0. The van der Waals surface area contributed by atoms with E-state index in [-0.39, 0.29) is 5.82 Å². The van der Waals surface area contributed by atoms with Crippen molar-refractivity contribution in [1.29, 1.82) is 0 Å². The number of piperidine rings is 1. The molecule has 2 fully saturated rings. The molecule has 0 aromatic heterocycles. The zero-order chi connectivity index (χ0) is 14.8. The first kappa shape index (κ1) is 14.8. The highest BCUT2D eigenvalue weighted by molar-refractivity contribution is 5.56. The van der Waals surface area contributed by atoms with E-state index in [1.165, 1.54) is 38.4 Å². The summed E-state index contributed by atoms with van der Waals surface area (Å²) in [6.07, 6.45) is 4.32. The van der Waals surface area contributed by atoms with Gasteiger partial charge in [0.05, 0.1) is 6.10 Å². The van der Waals surface area contributed by atoms with Crippen LogP contribution in [0.1, 0.15) is 44.3 Å². The smallest absolute Gasteiger partial charge is 0.131 e. The van der Waals surface area contributed by atoms with Crippen molar-refractivity contribution in [2.45, 2.75) is 44.8 Å². The zero-order valence-electron chi connectivity index (χ0n) is 12.8. The summed E-state index contributed by atoms with van der Waals surface area (Å²) in [7, 11) is 0. The summed E-state index contributed by atoms with van der Waals surface area (Å²) in [5, 5.41) is 9.88.